The zero-order valence-electron chi connectivity index (χ0n) is 16.6. The number of esters is 1. The lowest BCUT2D eigenvalue weighted by Crippen LogP contribution is -2.57. The summed E-state index contributed by atoms with van der Waals surface area (Å²) in [6.45, 7) is 1.65. The highest BCUT2D eigenvalue weighted by Gasteiger charge is 2.40. The molecule has 30 heavy (non-hydrogen) atoms. The van der Waals surface area contributed by atoms with Crippen LogP contribution in [-0.4, -0.2) is 35.4 Å². The van der Waals surface area contributed by atoms with E-state index in [2.05, 4.69) is 15.6 Å². The number of carbonyl (C=O) groups is 3. The van der Waals surface area contributed by atoms with E-state index < -0.39 is 23.3 Å². The molecule has 2 amide bonds. The third kappa shape index (κ3) is 4.91. The van der Waals surface area contributed by atoms with Crippen molar-refractivity contribution in [2.45, 2.75) is 38.1 Å². The fourth-order valence-electron chi connectivity index (χ4n) is 3.38. The number of nitrogens with zero attached hydrogens (tertiary/aromatic N) is 1. The van der Waals surface area contributed by atoms with Crippen molar-refractivity contribution in [3.63, 3.8) is 0 Å². The van der Waals surface area contributed by atoms with E-state index in [1.807, 2.05) is 6.07 Å². The molecule has 0 bridgehead atoms. The summed E-state index contributed by atoms with van der Waals surface area (Å²) < 4.78 is 4.70. The Balaban J connectivity index is 1.68. The molecule has 1 aromatic heterocycles. The molecule has 0 spiro atoms. The number of amides is 2. The van der Waals surface area contributed by atoms with Gasteiger partial charge in [-0.1, -0.05) is 29.3 Å². The molecule has 158 valence electrons. The van der Waals surface area contributed by atoms with Gasteiger partial charge in [0.2, 0.25) is 0 Å². The SMILES string of the molecule is COC(=O)c1cc(NC(=O)C(=O)NC2(Cc3ccc(Cl)cc3Cl)CCC2)cnc1C. The number of hydrogen-bond donors (Lipinski definition) is 2. The first-order valence-electron chi connectivity index (χ1n) is 9.35. The van der Waals surface area contributed by atoms with Gasteiger partial charge in [-0.3, -0.25) is 14.6 Å². The van der Waals surface area contributed by atoms with Gasteiger partial charge >= 0.3 is 17.8 Å². The van der Waals surface area contributed by atoms with Crippen molar-refractivity contribution in [3.05, 3.63) is 57.3 Å². The predicted molar refractivity (Wildman–Crippen MR) is 114 cm³/mol. The molecule has 0 saturated heterocycles. The number of rotatable bonds is 5. The summed E-state index contributed by atoms with van der Waals surface area (Å²) in [4.78, 5) is 40.8. The van der Waals surface area contributed by atoms with Gasteiger partial charge in [0.15, 0.2) is 0 Å². The van der Waals surface area contributed by atoms with Gasteiger partial charge < -0.3 is 15.4 Å². The summed E-state index contributed by atoms with van der Waals surface area (Å²) in [5.41, 5.74) is 1.21. The number of methoxy groups -OCH3 is 1. The Bertz CT molecular complexity index is 1010. The molecule has 2 N–H and O–H groups in total. The van der Waals surface area contributed by atoms with Crippen LogP contribution in [0.3, 0.4) is 0 Å². The van der Waals surface area contributed by atoms with E-state index in [0.29, 0.717) is 22.2 Å². The minimum absolute atomic E-state index is 0.212. The molecule has 1 aromatic carbocycles. The zero-order valence-corrected chi connectivity index (χ0v) is 18.1. The number of pyridine rings is 1. The van der Waals surface area contributed by atoms with Crippen LogP contribution in [0, 0.1) is 6.92 Å². The lowest BCUT2D eigenvalue weighted by molar-refractivity contribution is -0.138. The van der Waals surface area contributed by atoms with Gasteiger partial charge in [0.1, 0.15) is 0 Å². The summed E-state index contributed by atoms with van der Waals surface area (Å²) in [7, 11) is 1.26. The quantitative estimate of drug-likeness (QED) is 0.535. The Morgan fingerprint density at radius 1 is 1.17 bits per heavy atom. The van der Waals surface area contributed by atoms with E-state index in [4.69, 9.17) is 27.9 Å². The number of aromatic nitrogens is 1. The first-order valence-corrected chi connectivity index (χ1v) is 10.1. The molecule has 7 nitrogen and oxygen atoms in total. The van der Waals surface area contributed by atoms with Crippen molar-refractivity contribution in [3.8, 4) is 0 Å². The molecule has 1 fully saturated rings. The monoisotopic (exact) mass is 449 g/mol. The maximum absolute atomic E-state index is 12.5. The molecule has 0 unspecified atom stereocenters. The topological polar surface area (TPSA) is 97.4 Å². The highest BCUT2D eigenvalue weighted by molar-refractivity contribution is 6.40. The molecule has 9 heteroatoms. The van der Waals surface area contributed by atoms with Crippen LogP contribution in [0.4, 0.5) is 5.69 Å². The van der Waals surface area contributed by atoms with Gasteiger partial charge in [0.25, 0.3) is 0 Å². The van der Waals surface area contributed by atoms with E-state index in [0.717, 1.165) is 24.8 Å². The maximum atomic E-state index is 12.5. The normalized spacial score (nSPS) is 14.4. The molecule has 0 radical (unpaired) electrons. The van der Waals surface area contributed by atoms with E-state index in [1.54, 1.807) is 19.1 Å². The molecular weight excluding hydrogens is 429 g/mol. The molecule has 1 aliphatic carbocycles. The summed E-state index contributed by atoms with van der Waals surface area (Å²) in [6, 6.07) is 6.64. The number of halogens is 2. The highest BCUT2D eigenvalue weighted by Crippen LogP contribution is 2.37. The third-order valence-electron chi connectivity index (χ3n) is 5.19. The van der Waals surface area contributed by atoms with Gasteiger partial charge in [-0.05, 0) is 56.4 Å². The molecule has 2 aromatic rings. The van der Waals surface area contributed by atoms with Crippen LogP contribution in [0.5, 0.6) is 0 Å². The van der Waals surface area contributed by atoms with Crippen LogP contribution in [0.1, 0.15) is 40.9 Å². The molecular formula is C21H21Cl2N3O4. The summed E-state index contributed by atoms with van der Waals surface area (Å²) in [5.74, 6) is -2.18. The van der Waals surface area contributed by atoms with Crippen LogP contribution in [0.25, 0.3) is 0 Å². The van der Waals surface area contributed by atoms with Crippen molar-refractivity contribution in [1.82, 2.24) is 10.3 Å². The van der Waals surface area contributed by atoms with Crippen molar-refractivity contribution >= 4 is 46.7 Å². The van der Waals surface area contributed by atoms with E-state index >= 15 is 0 Å². The van der Waals surface area contributed by atoms with Crippen molar-refractivity contribution < 1.29 is 19.1 Å². The second kappa shape index (κ2) is 9.02. The van der Waals surface area contributed by atoms with Gasteiger partial charge in [-0.25, -0.2) is 4.79 Å². The molecule has 1 heterocycles. The first kappa shape index (κ1) is 22.1. The number of ether oxygens (including phenoxy) is 1. The fraction of sp³-hybridized carbons (Fsp3) is 0.333. The Labute approximate surface area is 184 Å². The number of hydrogen-bond acceptors (Lipinski definition) is 5. The Morgan fingerprint density at radius 2 is 1.90 bits per heavy atom. The largest absolute Gasteiger partial charge is 0.465 e. The molecule has 1 aliphatic rings. The van der Waals surface area contributed by atoms with Crippen LogP contribution in [0.2, 0.25) is 10.0 Å². The minimum Gasteiger partial charge on any atom is -0.465 e. The summed E-state index contributed by atoms with van der Waals surface area (Å²) in [5, 5.41) is 6.38. The van der Waals surface area contributed by atoms with E-state index in [9.17, 15) is 14.4 Å². The fourth-order valence-corrected chi connectivity index (χ4v) is 3.86. The standard InChI is InChI=1S/C21H21Cl2N3O4/c1-12-16(20(29)30-2)9-15(11-24-12)25-18(27)19(28)26-21(6-3-7-21)10-13-4-5-14(22)8-17(13)23/h4-5,8-9,11H,3,6-7,10H2,1-2H3,(H,25,27)(H,26,28). The van der Waals surface area contributed by atoms with Gasteiger partial charge in [0, 0.05) is 15.6 Å². The minimum atomic E-state index is -0.843. The number of anilines is 1. The van der Waals surface area contributed by atoms with Gasteiger partial charge in [-0.2, -0.15) is 0 Å². The Hall–Kier alpha value is -2.64. The van der Waals surface area contributed by atoms with E-state index in [-0.39, 0.29) is 11.3 Å². The zero-order chi connectivity index (χ0) is 21.9. The average Bonchev–Trinajstić information content (AvgIpc) is 2.68. The van der Waals surface area contributed by atoms with Crippen molar-refractivity contribution in [1.29, 1.82) is 0 Å². The molecule has 3 rings (SSSR count). The third-order valence-corrected chi connectivity index (χ3v) is 5.78. The lowest BCUT2D eigenvalue weighted by atomic mass is 9.72. The van der Waals surface area contributed by atoms with Crippen LogP contribution in [0.15, 0.2) is 30.5 Å². The second-order valence-electron chi connectivity index (χ2n) is 7.30. The first-order chi connectivity index (χ1) is 14.2. The van der Waals surface area contributed by atoms with Crippen LogP contribution >= 0.6 is 23.2 Å². The molecule has 1 saturated carbocycles. The van der Waals surface area contributed by atoms with Gasteiger partial charge in [-0.15, -0.1) is 0 Å². The Morgan fingerprint density at radius 3 is 2.50 bits per heavy atom. The van der Waals surface area contributed by atoms with Crippen LogP contribution in [-0.2, 0) is 20.7 Å². The maximum Gasteiger partial charge on any atom is 0.339 e. The van der Waals surface area contributed by atoms with E-state index in [1.165, 1.54) is 19.4 Å². The second-order valence-corrected chi connectivity index (χ2v) is 8.15. The number of aryl methyl sites for hydroxylation is 1. The summed E-state index contributed by atoms with van der Waals surface area (Å²) in [6.07, 6.45) is 4.30. The number of carbonyl (C=O) groups excluding carboxylic acids is 3. The van der Waals surface area contributed by atoms with Crippen molar-refractivity contribution in [2.24, 2.45) is 0 Å². The van der Waals surface area contributed by atoms with Crippen molar-refractivity contribution in [2.75, 3.05) is 12.4 Å². The predicted octanol–water partition coefficient (Wildman–Crippen LogP) is 3.70. The smallest absolute Gasteiger partial charge is 0.339 e. The number of nitrogens with one attached hydrogen (secondary N) is 2. The Kier molecular flexibility index (Phi) is 6.63. The lowest BCUT2D eigenvalue weighted by Gasteiger charge is -2.42. The van der Waals surface area contributed by atoms with Crippen LogP contribution < -0.4 is 10.6 Å². The average molecular weight is 450 g/mol. The number of benzene rings is 1. The summed E-state index contributed by atoms with van der Waals surface area (Å²) >= 11 is 12.2. The highest BCUT2D eigenvalue weighted by atomic mass is 35.5. The van der Waals surface area contributed by atoms with Gasteiger partial charge in [0.05, 0.1) is 30.3 Å². The molecule has 0 atom stereocenters. The molecule has 0 aliphatic heterocycles.